The van der Waals surface area contributed by atoms with Crippen LogP contribution >= 0.6 is 0 Å². The highest BCUT2D eigenvalue weighted by atomic mass is 32.2. The number of carboxylic acid groups (broad SMARTS) is 1. The van der Waals surface area contributed by atoms with Gasteiger partial charge in [0, 0.05) is 31.1 Å². The number of nitrogens with zero attached hydrogens (tertiary/aromatic N) is 3. The number of hydrogen-bond donors (Lipinski definition) is 4. The Labute approximate surface area is 213 Å². The Morgan fingerprint density at radius 2 is 1.95 bits per heavy atom. The van der Waals surface area contributed by atoms with E-state index in [-0.39, 0.29) is 30.4 Å². The highest BCUT2D eigenvalue weighted by molar-refractivity contribution is 7.92. The number of aromatic hydroxyl groups is 1. The summed E-state index contributed by atoms with van der Waals surface area (Å²) in [5, 5.41) is 20.4. The van der Waals surface area contributed by atoms with Crippen LogP contribution < -0.4 is 20.1 Å². The topological polar surface area (TPSA) is 192 Å². The first-order valence-corrected chi connectivity index (χ1v) is 13.0. The zero-order valence-electron chi connectivity index (χ0n) is 20.9. The van der Waals surface area contributed by atoms with E-state index in [9.17, 15) is 33.0 Å². The molecule has 1 saturated carbocycles. The number of nitrogens with one attached hydrogen (secondary N) is 1. The highest BCUT2D eigenvalue weighted by Crippen LogP contribution is 2.45. The number of phenolic OH excluding ortho intramolecular Hbond substituents is 1. The minimum Gasteiger partial charge on any atom is -0.506 e. The molecule has 37 heavy (non-hydrogen) atoms. The predicted octanol–water partition coefficient (Wildman–Crippen LogP) is 2.32. The number of carbonyl (C=O) groups is 3. The molecule has 4 rings (SSSR count). The van der Waals surface area contributed by atoms with Gasteiger partial charge in [0.15, 0.2) is 5.82 Å². The van der Waals surface area contributed by atoms with Gasteiger partial charge >= 0.3 is 22.4 Å². The molecule has 3 aliphatic rings. The van der Waals surface area contributed by atoms with Crippen LogP contribution in [0.25, 0.3) is 0 Å². The molecule has 6 N–H and O–H groups in total. The third-order valence-corrected chi connectivity index (χ3v) is 7.60. The summed E-state index contributed by atoms with van der Waals surface area (Å²) >= 11 is 0. The van der Waals surface area contributed by atoms with Gasteiger partial charge in [-0.1, -0.05) is 12.8 Å². The lowest BCUT2D eigenvalue weighted by Gasteiger charge is -2.31. The number of halogens is 1. The van der Waals surface area contributed by atoms with E-state index in [1.807, 2.05) is 0 Å². The fraction of sp³-hybridized carbons (Fsp3) is 0.591. The number of hydrogen-bond acceptors (Lipinski definition) is 8. The second kappa shape index (κ2) is 9.85. The summed E-state index contributed by atoms with van der Waals surface area (Å²) in [7, 11) is -4.42. The number of amides is 3. The maximum atomic E-state index is 15.6. The van der Waals surface area contributed by atoms with E-state index in [1.165, 1.54) is 4.90 Å². The van der Waals surface area contributed by atoms with Crippen LogP contribution in [0.2, 0.25) is 0 Å². The Balaban J connectivity index is 0.00000380. The molecule has 1 aromatic rings. The van der Waals surface area contributed by atoms with Crippen LogP contribution in [0, 0.1) is 11.7 Å². The quantitative estimate of drug-likeness (QED) is 0.415. The van der Waals surface area contributed by atoms with Crippen molar-refractivity contribution >= 4 is 39.7 Å². The van der Waals surface area contributed by atoms with Crippen molar-refractivity contribution in [2.75, 3.05) is 28.8 Å². The van der Waals surface area contributed by atoms with Gasteiger partial charge in [-0.25, -0.2) is 23.0 Å². The number of fused-ring (bicyclic) bond motifs is 1. The van der Waals surface area contributed by atoms with E-state index in [1.54, 1.807) is 25.5 Å². The van der Waals surface area contributed by atoms with Crippen LogP contribution in [0.15, 0.2) is 6.07 Å². The second-order valence-corrected chi connectivity index (χ2v) is 11.9. The van der Waals surface area contributed by atoms with E-state index < -0.39 is 63.7 Å². The largest absolute Gasteiger partial charge is 0.506 e. The summed E-state index contributed by atoms with van der Waals surface area (Å²) in [5.41, 5.74) is -1.82. The Morgan fingerprint density at radius 1 is 1.30 bits per heavy atom. The molecule has 2 heterocycles. The van der Waals surface area contributed by atoms with Crippen molar-refractivity contribution in [3.8, 4) is 5.75 Å². The number of anilines is 2. The van der Waals surface area contributed by atoms with Crippen LogP contribution in [0.3, 0.4) is 0 Å². The van der Waals surface area contributed by atoms with Crippen LogP contribution in [0.4, 0.5) is 25.4 Å². The van der Waals surface area contributed by atoms with Gasteiger partial charge in [-0.15, -0.1) is 0 Å². The first-order valence-electron chi connectivity index (χ1n) is 11.6. The molecule has 13 nitrogen and oxygen atoms in total. The van der Waals surface area contributed by atoms with Crippen molar-refractivity contribution in [3.05, 3.63) is 17.4 Å². The molecule has 15 heteroatoms. The number of benzene rings is 1. The van der Waals surface area contributed by atoms with Crippen LogP contribution in [0.1, 0.15) is 45.6 Å². The van der Waals surface area contributed by atoms with Crippen LogP contribution in [-0.2, 0) is 26.2 Å². The molecule has 0 radical (unpaired) electrons. The maximum Gasteiger partial charge on any atom is 0.412 e. The van der Waals surface area contributed by atoms with Crippen LogP contribution in [-0.4, -0.2) is 72.9 Å². The molecule has 1 saturated heterocycles. The average molecular weight is 546 g/mol. The number of phenols is 1. The number of carbonyl (C=O) groups excluding carboxylic acids is 2. The van der Waals surface area contributed by atoms with Crippen molar-refractivity contribution < 1.29 is 42.1 Å². The SMILES string of the molecule is CC(C)(C)OC(=O)N(CCC1CC1)C[C@H]1Cc2c(cc(O)c(N3CC(=O)NS3(=O)=O)c2F)N1C(=O)O.N. The number of rotatable bonds is 6. The fourth-order valence-electron chi connectivity index (χ4n) is 4.46. The summed E-state index contributed by atoms with van der Waals surface area (Å²) in [6.07, 6.45) is 0.603. The van der Waals surface area contributed by atoms with Crippen molar-refractivity contribution in [2.24, 2.45) is 5.92 Å². The van der Waals surface area contributed by atoms with Crippen LogP contribution in [0.5, 0.6) is 5.75 Å². The molecule has 1 aromatic carbocycles. The lowest BCUT2D eigenvalue weighted by molar-refractivity contribution is -0.117. The van der Waals surface area contributed by atoms with Gasteiger partial charge in [-0.3, -0.25) is 9.69 Å². The van der Waals surface area contributed by atoms with Crippen molar-refractivity contribution in [1.82, 2.24) is 15.8 Å². The third-order valence-electron chi connectivity index (χ3n) is 6.23. The van der Waals surface area contributed by atoms with Crippen molar-refractivity contribution in [3.63, 3.8) is 0 Å². The maximum absolute atomic E-state index is 15.6. The van der Waals surface area contributed by atoms with Gasteiger partial charge in [0.05, 0.1) is 11.7 Å². The molecule has 1 aliphatic carbocycles. The minimum atomic E-state index is -4.42. The highest BCUT2D eigenvalue weighted by Gasteiger charge is 2.43. The van der Waals surface area contributed by atoms with E-state index in [2.05, 4.69) is 0 Å². The summed E-state index contributed by atoms with van der Waals surface area (Å²) in [6, 6.07) is 0.0469. The van der Waals surface area contributed by atoms with Gasteiger partial charge in [0.25, 0.3) is 5.91 Å². The van der Waals surface area contributed by atoms with E-state index in [0.717, 1.165) is 30.2 Å². The smallest absolute Gasteiger partial charge is 0.412 e. The van der Waals surface area contributed by atoms with Gasteiger partial charge in [-0.05, 0) is 33.1 Å². The van der Waals surface area contributed by atoms with Crippen molar-refractivity contribution in [1.29, 1.82) is 0 Å². The minimum absolute atomic E-state index is 0. The molecule has 0 unspecified atom stereocenters. The molecule has 206 valence electrons. The summed E-state index contributed by atoms with van der Waals surface area (Å²) in [5.74, 6) is -2.40. The van der Waals surface area contributed by atoms with Gasteiger partial charge < -0.3 is 26.0 Å². The Hall–Kier alpha value is -3.33. The average Bonchev–Trinajstić information content (AvgIpc) is 3.41. The fourth-order valence-corrected chi connectivity index (χ4v) is 5.62. The summed E-state index contributed by atoms with van der Waals surface area (Å²) in [6.45, 7) is 4.64. The number of ether oxygens (including phenoxy) is 1. The first-order chi connectivity index (χ1) is 16.7. The third kappa shape index (κ3) is 5.82. The Morgan fingerprint density at radius 3 is 2.46 bits per heavy atom. The first kappa shape index (κ1) is 28.2. The van der Waals surface area contributed by atoms with Gasteiger partial charge in [0.1, 0.15) is 23.6 Å². The second-order valence-electron chi connectivity index (χ2n) is 10.3. The van der Waals surface area contributed by atoms with E-state index in [0.29, 0.717) is 16.8 Å². The Bertz CT molecular complexity index is 1210. The van der Waals surface area contributed by atoms with Gasteiger partial charge in [-0.2, -0.15) is 8.42 Å². The Kier molecular flexibility index (Phi) is 7.52. The van der Waals surface area contributed by atoms with Gasteiger partial charge in [0.2, 0.25) is 0 Å². The molecular formula is C22H32FN5O8S. The van der Waals surface area contributed by atoms with E-state index >= 15 is 4.39 Å². The molecule has 0 spiro atoms. The molecule has 0 bridgehead atoms. The zero-order chi connectivity index (χ0) is 26.6. The zero-order valence-corrected chi connectivity index (χ0v) is 21.7. The lowest BCUT2D eigenvalue weighted by Crippen LogP contribution is -2.48. The molecule has 2 aliphatic heterocycles. The summed E-state index contributed by atoms with van der Waals surface area (Å²) < 4.78 is 47.7. The molecular weight excluding hydrogens is 513 g/mol. The van der Waals surface area contributed by atoms with Crippen molar-refractivity contribution in [2.45, 2.75) is 58.1 Å². The predicted molar refractivity (Wildman–Crippen MR) is 131 cm³/mol. The molecule has 2 fully saturated rings. The normalized spacial score (nSPS) is 20.2. The molecule has 0 aromatic heterocycles. The lowest BCUT2D eigenvalue weighted by atomic mass is 10.1. The molecule has 3 amide bonds. The van der Waals surface area contributed by atoms with E-state index in [4.69, 9.17) is 4.74 Å². The standard InChI is InChI=1S/C22H29FN4O8S.H3N/c1-22(2,3)35-21(32)25(7-6-12-4-5-12)10-13-8-14-15(27(13)20(30)31)9-16(28)19(18(14)23)26-11-17(29)24-36(26,33)34;/h9,12-13,28H,4-8,10-11H2,1-3H3,(H,24,29)(H,30,31);1H3/t13-;/m1./s1. The molecule has 1 atom stereocenters. The monoisotopic (exact) mass is 545 g/mol. The summed E-state index contributed by atoms with van der Waals surface area (Å²) in [4.78, 5) is 38.9.